The van der Waals surface area contributed by atoms with Crippen LogP contribution in [0.15, 0.2) is 18.3 Å². The van der Waals surface area contributed by atoms with Crippen LogP contribution in [-0.4, -0.2) is 34.2 Å². The number of aliphatic carboxylic acids is 2. The van der Waals surface area contributed by atoms with Crippen LogP contribution < -0.4 is 5.32 Å². The molecule has 0 spiro atoms. The highest BCUT2D eigenvalue weighted by molar-refractivity contribution is 6.27. The summed E-state index contributed by atoms with van der Waals surface area (Å²) in [4.78, 5) is 22.3. The van der Waals surface area contributed by atoms with Crippen LogP contribution in [0.2, 0.25) is 0 Å². The maximum Gasteiger partial charge on any atom is 0.414 e. The van der Waals surface area contributed by atoms with Crippen molar-refractivity contribution in [1.29, 1.82) is 0 Å². The molecular formula is C9H12N2O4. The molecule has 0 aliphatic rings. The largest absolute Gasteiger partial charge is 0.473 e. The highest BCUT2D eigenvalue weighted by atomic mass is 16.4. The first-order chi connectivity index (χ1) is 6.97. The van der Waals surface area contributed by atoms with E-state index in [2.05, 4.69) is 10.3 Å². The monoisotopic (exact) mass is 212 g/mol. The fraction of sp³-hybridized carbons (Fsp3) is 0.222. The van der Waals surface area contributed by atoms with E-state index in [1.165, 1.54) is 0 Å². The summed E-state index contributed by atoms with van der Waals surface area (Å²) >= 11 is 0. The Kier molecular flexibility index (Phi) is 5.47. The van der Waals surface area contributed by atoms with Crippen LogP contribution in [0.25, 0.3) is 0 Å². The van der Waals surface area contributed by atoms with Gasteiger partial charge in [-0.3, -0.25) is 4.98 Å². The van der Waals surface area contributed by atoms with Crippen molar-refractivity contribution >= 4 is 17.6 Å². The van der Waals surface area contributed by atoms with Gasteiger partial charge < -0.3 is 15.5 Å². The lowest BCUT2D eigenvalue weighted by Crippen LogP contribution is -2.09. The number of carboxylic acids is 2. The Hall–Kier alpha value is -2.11. The molecule has 6 heteroatoms. The Morgan fingerprint density at radius 3 is 2.07 bits per heavy atom. The smallest absolute Gasteiger partial charge is 0.414 e. The summed E-state index contributed by atoms with van der Waals surface area (Å²) in [7, 11) is 1.88. The molecule has 0 saturated carbocycles. The van der Waals surface area contributed by atoms with E-state index in [0.29, 0.717) is 0 Å². The molecule has 0 aromatic carbocycles. The Morgan fingerprint density at radius 2 is 1.80 bits per heavy atom. The summed E-state index contributed by atoms with van der Waals surface area (Å²) in [5.74, 6) is -3.65. The van der Waals surface area contributed by atoms with E-state index in [0.717, 1.165) is 11.4 Å². The molecule has 0 atom stereocenters. The number of carbonyl (C=O) groups is 2. The fourth-order valence-electron chi connectivity index (χ4n) is 0.616. The maximum atomic E-state index is 9.10. The van der Waals surface area contributed by atoms with Gasteiger partial charge in [0.05, 0.1) is 11.9 Å². The number of aromatic nitrogens is 1. The zero-order valence-corrected chi connectivity index (χ0v) is 8.39. The van der Waals surface area contributed by atoms with Crippen LogP contribution in [0.1, 0.15) is 5.69 Å². The van der Waals surface area contributed by atoms with Gasteiger partial charge in [0, 0.05) is 12.7 Å². The summed E-state index contributed by atoms with van der Waals surface area (Å²) in [6.07, 6.45) is 1.81. The highest BCUT2D eigenvalue weighted by Crippen LogP contribution is 2.02. The molecule has 0 fully saturated rings. The molecule has 1 aromatic rings. The molecule has 82 valence electrons. The third-order valence-electron chi connectivity index (χ3n) is 1.38. The quantitative estimate of drug-likeness (QED) is 0.589. The summed E-state index contributed by atoms with van der Waals surface area (Å²) in [6, 6.07) is 3.98. The van der Waals surface area contributed by atoms with Crippen LogP contribution >= 0.6 is 0 Å². The molecule has 3 N–H and O–H groups in total. The van der Waals surface area contributed by atoms with E-state index in [9.17, 15) is 0 Å². The molecular weight excluding hydrogens is 200 g/mol. The third kappa shape index (κ3) is 6.03. The van der Waals surface area contributed by atoms with Gasteiger partial charge in [-0.1, -0.05) is 0 Å². The van der Waals surface area contributed by atoms with Crippen molar-refractivity contribution in [2.75, 3.05) is 12.4 Å². The molecule has 0 saturated heterocycles. The second kappa shape index (κ2) is 6.36. The van der Waals surface area contributed by atoms with E-state index in [1.54, 1.807) is 0 Å². The lowest BCUT2D eigenvalue weighted by Gasteiger charge is -1.96. The van der Waals surface area contributed by atoms with Crippen molar-refractivity contribution in [2.24, 2.45) is 0 Å². The average molecular weight is 212 g/mol. The van der Waals surface area contributed by atoms with Crippen molar-refractivity contribution in [3.63, 3.8) is 0 Å². The van der Waals surface area contributed by atoms with Gasteiger partial charge in [-0.2, -0.15) is 0 Å². The molecule has 1 heterocycles. The molecule has 15 heavy (non-hydrogen) atoms. The number of pyridine rings is 1. The van der Waals surface area contributed by atoms with Crippen molar-refractivity contribution < 1.29 is 19.8 Å². The number of rotatable bonds is 1. The van der Waals surface area contributed by atoms with Gasteiger partial charge in [0.1, 0.15) is 0 Å². The molecule has 0 aliphatic heterocycles. The number of aryl methyl sites for hydroxylation is 1. The molecule has 0 unspecified atom stereocenters. The first-order valence-electron chi connectivity index (χ1n) is 4.04. The number of nitrogens with zero attached hydrogens (tertiary/aromatic N) is 1. The van der Waals surface area contributed by atoms with E-state index >= 15 is 0 Å². The molecule has 0 bridgehead atoms. The first-order valence-corrected chi connectivity index (χ1v) is 4.04. The normalized spacial score (nSPS) is 8.40. The number of anilines is 1. The highest BCUT2D eigenvalue weighted by Gasteiger charge is 2.04. The Morgan fingerprint density at radius 1 is 1.27 bits per heavy atom. The number of carboxylic acid groups (broad SMARTS) is 2. The summed E-state index contributed by atoms with van der Waals surface area (Å²) in [5, 5.41) is 17.8. The van der Waals surface area contributed by atoms with Crippen LogP contribution in [-0.2, 0) is 9.59 Å². The van der Waals surface area contributed by atoms with Gasteiger partial charge in [-0.15, -0.1) is 0 Å². The number of hydrogen-bond donors (Lipinski definition) is 3. The minimum absolute atomic E-state index is 1.05. The maximum absolute atomic E-state index is 9.10. The van der Waals surface area contributed by atoms with Crippen LogP contribution in [0.4, 0.5) is 5.69 Å². The van der Waals surface area contributed by atoms with Crippen LogP contribution in [0, 0.1) is 6.92 Å². The predicted molar refractivity (Wildman–Crippen MR) is 53.8 cm³/mol. The summed E-state index contributed by atoms with van der Waals surface area (Å²) in [5.41, 5.74) is 2.11. The Bertz CT molecular complexity index is 322. The molecule has 1 aromatic heterocycles. The standard InChI is InChI=1S/C7H10N2.C2H2O4/c1-6-3-4-7(8-2)5-9-6;3-1(4)2(5)6/h3-5,8H,1-2H3;(H,3,4)(H,5,6). The van der Waals surface area contributed by atoms with Gasteiger partial charge in [0.15, 0.2) is 0 Å². The predicted octanol–water partition coefficient (Wildman–Crippen LogP) is 0.587. The fourth-order valence-corrected chi connectivity index (χ4v) is 0.616. The van der Waals surface area contributed by atoms with Crippen LogP contribution in [0.5, 0.6) is 0 Å². The zero-order chi connectivity index (χ0) is 11.8. The second-order valence-electron chi connectivity index (χ2n) is 2.55. The van der Waals surface area contributed by atoms with Crippen molar-refractivity contribution in [3.8, 4) is 0 Å². The molecule has 0 amide bonds. The minimum atomic E-state index is -1.82. The Balaban J connectivity index is 0.000000288. The molecule has 0 aliphatic carbocycles. The lowest BCUT2D eigenvalue weighted by atomic mass is 10.3. The molecule has 1 rings (SSSR count). The average Bonchev–Trinajstić information content (AvgIpc) is 2.20. The lowest BCUT2D eigenvalue weighted by molar-refractivity contribution is -0.159. The number of nitrogens with one attached hydrogen (secondary N) is 1. The van der Waals surface area contributed by atoms with Crippen molar-refractivity contribution in [3.05, 3.63) is 24.0 Å². The van der Waals surface area contributed by atoms with Gasteiger partial charge in [-0.05, 0) is 19.1 Å². The summed E-state index contributed by atoms with van der Waals surface area (Å²) < 4.78 is 0. The minimum Gasteiger partial charge on any atom is -0.473 e. The SMILES string of the molecule is CNc1ccc(C)nc1.O=C(O)C(=O)O. The van der Waals surface area contributed by atoms with Gasteiger partial charge in [-0.25, -0.2) is 9.59 Å². The molecule has 6 nitrogen and oxygen atoms in total. The third-order valence-corrected chi connectivity index (χ3v) is 1.38. The Labute approximate surface area is 86.6 Å². The van der Waals surface area contributed by atoms with Gasteiger partial charge in [0.25, 0.3) is 0 Å². The van der Waals surface area contributed by atoms with Gasteiger partial charge >= 0.3 is 11.9 Å². The molecule has 0 radical (unpaired) electrons. The number of hydrogen-bond acceptors (Lipinski definition) is 4. The van der Waals surface area contributed by atoms with Crippen LogP contribution in [0.3, 0.4) is 0 Å². The van der Waals surface area contributed by atoms with Crippen molar-refractivity contribution in [1.82, 2.24) is 4.98 Å². The topological polar surface area (TPSA) is 99.5 Å². The zero-order valence-electron chi connectivity index (χ0n) is 8.39. The summed E-state index contributed by atoms with van der Waals surface area (Å²) in [6.45, 7) is 1.97. The second-order valence-corrected chi connectivity index (χ2v) is 2.55. The van der Waals surface area contributed by atoms with E-state index < -0.39 is 11.9 Å². The van der Waals surface area contributed by atoms with Crippen molar-refractivity contribution in [2.45, 2.75) is 6.92 Å². The van der Waals surface area contributed by atoms with E-state index in [1.807, 2.05) is 32.3 Å². The first kappa shape index (κ1) is 12.9. The van der Waals surface area contributed by atoms with E-state index in [4.69, 9.17) is 19.8 Å². The van der Waals surface area contributed by atoms with Gasteiger partial charge in [0.2, 0.25) is 0 Å². The van der Waals surface area contributed by atoms with E-state index in [-0.39, 0.29) is 0 Å².